The summed E-state index contributed by atoms with van der Waals surface area (Å²) in [6.07, 6.45) is 1.48. The van der Waals surface area contributed by atoms with Crippen molar-refractivity contribution in [1.82, 2.24) is 29.8 Å². The number of hydrogen-bond acceptors (Lipinski definition) is 7. The second-order valence-corrected chi connectivity index (χ2v) is 4.62. The Hall–Kier alpha value is -2.29. The van der Waals surface area contributed by atoms with E-state index < -0.39 is 0 Å². The fourth-order valence-electron chi connectivity index (χ4n) is 1.63. The highest BCUT2D eigenvalue weighted by Gasteiger charge is 2.10. The van der Waals surface area contributed by atoms with Gasteiger partial charge in [0.1, 0.15) is 5.39 Å². The van der Waals surface area contributed by atoms with Gasteiger partial charge in [-0.15, -0.1) is 16.4 Å². The first-order valence-corrected chi connectivity index (χ1v) is 5.98. The lowest BCUT2D eigenvalue weighted by Crippen LogP contribution is -2.24. The number of aromatic nitrogens is 6. The van der Waals surface area contributed by atoms with Crippen molar-refractivity contribution in [2.24, 2.45) is 7.05 Å². The van der Waals surface area contributed by atoms with Gasteiger partial charge < -0.3 is 5.73 Å². The number of thiazole rings is 1. The molecule has 0 saturated carbocycles. The van der Waals surface area contributed by atoms with Crippen molar-refractivity contribution in [2.45, 2.75) is 6.54 Å². The SMILES string of the molecule is Cn1ncc2c(=O)n(Cc3csc(N)n3)nnc21. The van der Waals surface area contributed by atoms with Crippen molar-refractivity contribution < 1.29 is 0 Å². The van der Waals surface area contributed by atoms with Crippen LogP contribution < -0.4 is 11.3 Å². The van der Waals surface area contributed by atoms with E-state index in [9.17, 15) is 4.79 Å². The van der Waals surface area contributed by atoms with E-state index in [4.69, 9.17) is 5.73 Å². The predicted molar refractivity (Wildman–Crippen MR) is 66.2 cm³/mol. The van der Waals surface area contributed by atoms with Crippen molar-refractivity contribution in [3.05, 3.63) is 27.6 Å². The zero-order valence-electron chi connectivity index (χ0n) is 9.44. The Bertz CT molecular complexity index is 771. The maximum Gasteiger partial charge on any atom is 0.281 e. The van der Waals surface area contributed by atoms with Crippen molar-refractivity contribution >= 4 is 27.5 Å². The Morgan fingerprint density at radius 3 is 3.06 bits per heavy atom. The fraction of sp³-hybridized carbons (Fsp3) is 0.222. The predicted octanol–water partition coefficient (Wildman–Crippen LogP) is -0.388. The summed E-state index contributed by atoms with van der Waals surface area (Å²) < 4.78 is 2.76. The molecule has 0 saturated heterocycles. The molecule has 0 aliphatic rings. The van der Waals surface area contributed by atoms with E-state index in [2.05, 4.69) is 20.4 Å². The van der Waals surface area contributed by atoms with Gasteiger partial charge in [-0.3, -0.25) is 4.79 Å². The van der Waals surface area contributed by atoms with Crippen LogP contribution in [-0.4, -0.2) is 29.8 Å². The Morgan fingerprint density at radius 1 is 1.50 bits per heavy atom. The molecular formula is C9H9N7OS. The normalized spacial score (nSPS) is 11.2. The summed E-state index contributed by atoms with van der Waals surface area (Å²) in [5.41, 5.74) is 6.46. The van der Waals surface area contributed by atoms with E-state index in [1.807, 2.05) is 0 Å². The van der Waals surface area contributed by atoms with Crippen molar-refractivity contribution in [1.29, 1.82) is 0 Å². The van der Waals surface area contributed by atoms with Gasteiger partial charge in [-0.25, -0.2) is 14.3 Å². The fourth-order valence-corrected chi connectivity index (χ4v) is 2.18. The molecule has 9 heteroatoms. The molecule has 3 aromatic rings. The number of hydrogen-bond donors (Lipinski definition) is 1. The Kier molecular flexibility index (Phi) is 2.33. The molecule has 18 heavy (non-hydrogen) atoms. The molecule has 0 aliphatic carbocycles. The van der Waals surface area contributed by atoms with Crippen LogP contribution in [0.3, 0.4) is 0 Å². The molecule has 0 radical (unpaired) electrons. The molecule has 0 spiro atoms. The molecular weight excluding hydrogens is 254 g/mol. The summed E-state index contributed by atoms with van der Waals surface area (Å²) in [6, 6.07) is 0. The summed E-state index contributed by atoms with van der Waals surface area (Å²) in [5.74, 6) is 0. The summed E-state index contributed by atoms with van der Waals surface area (Å²) in [6.45, 7) is 0.254. The highest BCUT2D eigenvalue weighted by atomic mass is 32.1. The third-order valence-corrected chi connectivity index (χ3v) is 3.22. The Morgan fingerprint density at radius 2 is 2.33 bits per heavy atom. The number of nitrogens with two attached hydrogens (primary N) is 1. The molecule has 3 aromatic heterocycles. The molecule has 0 amide bonds. The van der Waals surface area contributed by atoms with Gasteiger partial charge in [0.05, 0.1) is 18.4 Å². The van der Waals surface area contributed by atoms with Gasteiger partial charge in [0.25, 0.3) is 5.56 Å². The Labute approximate surface area is 105 Å². The molecule has 3 heterocycles. The van der Waals surface area contributed by atoms with E-state index in [1.54, 1.807) is 12.4 Å². The summed E-state index contributed by atoms with van der Waals surface area (Å²) in [7, 11) is 1.71. The quantitative estimate of drug-likeness (QED) is 0.675. The van der Waals surface area contributed by atoms with Gasteiger partial charge >= 0.3 is 0 Å². The molecule has 0 bridgehead atoms. The third kappa shape index (κ3) is 1.64. The Balaban J connectivity index is 2.07. The number of nitrogen functional groups attached to an aromatic ring is 1. The van der Waals surface area contributed by atoms with Crippen molar-refractivity contribution in [3.63, 3.8) is 0 Å². The standard InChI is InChI=1S/C9H9N7OS/c1-15-7-6(2-11-15)8(17)16(14-13-7)3-5-4-18-9(10)12-5/h2,4H,3H2,1H3,(H2,10,12). The van der Waals surface area contributed by atoms with Gasteiger partial charge in [-0.1, -0.05) is 5.21 Å². The molecule has 0 unspecified atom stereocenters. The molecule has 0 aliphatic heterocycles. The van der Waals surface area contributed by atoms with Gasteiger partial charge in [0, 0.05) is 12.4 Å². The van der Waals surface area contributed by atoms with Crippen molar-refractivity contribution in [3.8, 4) is 0 Å². The van der Waals surface area contributed by atoms with Crippen LogP contribution in [0.5, 0.6) is 0 Å². The molecule has 2 N–H and O–H groups in total. The maximum atomic E-state index is 12.1. The zero-order valence-corrected chi connectivity index (χ0v) is 10.3. The molecule has 92 valence electrons. The van der Waals surface area contributed by atoms with Crippen molar-refractivity contribution in [2.75, 3.05) is 5.73 Å². The minimum Gasteiger partial charge on any atom is -0.375 e. The maximum absolute atomic E-state index is 12.1. The number of fused-ring (bicyclic) bond motifs is 1. The van der Waals surface area contributed by atoms with E-state index in [0.29, 0.717) is 21.9 Å². The minimum atomic E-state index is -0.236. The lowest BCUT2D eigenvalue weighted by Gasteiger charge is -2.00. The van der Waals surface area contributed by atoms with Gasteiger partial charge in [-0.2, -0.15) is 5.10 Å². The largest absolute Gasteiger partial charge is 0.375 e. The van der Waals surface area contributed by atoms with Crippen LogP contribution in [0.4, 0.5) is 5.13 Å². The first-order valence-electron chi connectivity index (χ1n) is 5.10. The van der Waals surface area contributed by atoms with Crippen LogP contribution in [0.25, 0.3) is 11.0 Å². The van der Waals surface area contributed by atoms with Gasteiger partial charge in [0.2, 0.25) is 0 Å². The van der Waals surface area contributed by atoms with Gasteiger partial charge in [-0.05, 0) is 0 Å². The molecule has 3 rings (SSSR count). The van der Waals surface area contributed by atoms with E-state index in [-0.39, 0.29) is 12.1 Å². The topological polar surface area (TPSA) is 105 Å². The molecule has 0 fully saturated rings. The molecule has 0 atom stereocenters. The highest BCUT2D eigenvalue weighted by molar-refractivity contribution is 7.13. The van der Waals surface area contributed by atoms with E-state index >= 15 is 0 Å². The number of rotatable bonds is 2. The van der Waals surface area contributed by atoms with E-state index in [0.717, 1.165) is 0 Å². The lowest BCUT2D eigenvalue weighted by molar-refractivity contribution is 0.589. The lowest BCUT2D eigenvalue weighted by atomic mass is 10.4. The van der Waals surface area contributed by atoms with Gasteiger partial charge in [0.15, 0.2) is 10.8 Å². The second kappa shape index (κ2) is 3.88. The summed E-state index contributed by atoms with van der Waals surface area (Å²) in [5, 5.41) is 14.5. The highest BCUT2D eigenvalue weighted by Crippen LogP contribution is 2.11. The first kappa shape index (κ1) is 10.8. The average molecular weight is 263 g/mol. The zero-order chi connectivity index (χ0) is 12.7. The molecule has 0 aromatic carbocycles. The smallest absolute Gasteiger partial charge is 0.281 e. The van der Waals surface area contributed by atoms with Crippen LogP contribution in [0.15, 0.2) is 16.4 Å². The molecule has 8 nitrogen and oxygen atoms in total. The average Bonchev–Trinajstić information content (AvgIpc) is 2.91. The monoisotopic (exact) mass is 263 g/mol. The summed E-state index contributed by atoms with van der Waals surface area (Å²) >= 11 is 1.32. The number of anilines is 1. The number of aryl methyl sites for hydroxylation is 1. The third-order valence-electron chi connectivity index (χ3n) is 2.50. The second-order valence-electron chi connectivity index (χ2n) is 3.73. The van der Waals surface area contributed by atoms with Crippen LogP contribution in [0, 0.1) is 0 Å². The summed E-state index contributed by atoms with van der Waals surface area (Å²) in [4.78, 5) is 16.2. The van der Waals surface area contributed by atoms with Crippen LogP contribution in [0.1, 0.15) is 5.69 Å². The van der Waals surface area contributed by atoms with Crippen LogP contribution in [-0.2, 0) is 13.6 Å². The first-order chi connectivity index (χ1) is 8.65. The number of nitrogens with zero attached hydrogens (tertiary/aromatic N) is 6. The van der Waals surface area contributed by atoms with E-state index in [1.165, 1.54) is 26.9 Å². The van der Waals surface area contributed by atoms with Crippen LogP contribution >= 0.6 is 11.3 Å². The van der Waals surface area contributed by atoms with Crippen LogP contribution in [0.2, 0.25) is 0 Å². The minimum absolute atomic E-state index is 0.236.